The third kappa shape index (κ3) is 1.22. The summed E-state index contributed by atoms with van der Waals surface area (Å²) in [7, 11) is 1.82. The zero-order chi connectivity index (χ0) is 11.3. The molecule has 16 heavy (non-hydrogen) atoms. The molecule has 0 bridgehead atoms. The van der Waals surface area contributed by atoms with Gasteiger partial charge in [-0.2, -0.15) is 5.10 Å². The first-order chi connectivity index (χ1) is 7.68. The van der Waals surface area contributed by atoms with Crippen molar-refractivity contribution in [2.75, 3.05) is 5.73 Å². The molecule has 6 heteroatoms. The van der Waals surface area contributed by atoms with Gasteiger partial charge in [-0.05, 0) is 19.8 Å². The lowest BCUT2D eigenvalue weighted by Crippen LogP contribution is -2.02. The zero-order valence-corrected chi connectivity index (χ0v) is 9.38. The Hall–Kier alpha value is -1.85. The minimum Gasteiger partial charge on any atom is -0.383 e. The number of nitrogens with zero attached hydrogens (tertiary/aromatic N) is 5. The molecule has 0 aromatic carbocycles. The highest BCUT2D eigenvalue weighted by Crippen LogP contribution is 2.39. The highest BCUT2D eigenvalue weighted by atomic mass is 15.3. The van der Waals surface area contributed by atoms with Crippen molar-refractivity contribution >= 4 is 5.82 Å². The van der Waals surface area contributed by atoms with E-state index in [-0.39, 0.29) is 0 Å². The van der Waals surface area contributed by atoms with Gasteiger partial charge >= 0.3 is 0 Å². The maximum Gasteiger partial charge on any atom is 0.169 e. The molecule has 6 nitrogen and oxygen atoms in total. The van der Waals surface area contributed by atoms with Crippen LogP contribution in [0, 0.1) is 6.92 Å². The monoisotopic (exact) mass is 218 g/mol. The minimum absolute atomic E-state index is 0.546. The highest BCUT2D eigenvalue weighted by molar-refractivity contribution is 5.68. The fraction of sp³-hybridized carbons (Fsp3) is 0.500. The van der Waals surface area contributed by atoms with Crippen LogP contribution in [0.1, 0.15) is 24.7 Å². The third-order valence-electron chi connectivity index (χ3n) is 3.00. The van der Waals surface area contributed by atoms with Crippen LogP contribution in [0.4, 0.5) is 5.82 Å². The van der Waals surface area contributed by atoms with Crippen LogP contribution in [0.15, 0.2) is 6.20 Å². The second-order valence-electron chi connectivity index (χ2n) is 4.24. The lowest BCUT2D eigenvalue weighted by atomic mass is 10.3. The van der Waals surface area contributed by atoms with Crippen LogP contribution < -0.4 is 5.73 Å². The summed E-state index contributed by atoms with van der Waals surface area (Å²) in [6, 6.07) is 0.546. The lowest BCUT2D eigenvalue weighted by Gasteiger charge is -2.05. The van der Waals surface area contributed by atoms with Crippen LogP contribution in [0.2, 0.25) is 0 Å². The van der Waals surface area contributed by atoms with E-state index in [0.29, 0.717) is 11.9 Å². The van der Waals surface area contributed by atoms with Crippen LogP contribution in [-0.2, 0) is 7.05 Å². The van der Waals surface area contributed by atoms with Gasteiger partial charge in [0, 0.05) is 13.1 Å². The van der Waals surface area contributed by atoms with Crippen molar-refractivity contribution in [3.05, 3.63) is 12.0 Å². The summed E-state index contributed by atoms with van der Waals surface area (Å²) in [6.07, 6.45) is 4.15. The predicted molar refractivity (Wildman–Crippen MR) is 59.6 cm³/mol. The first-order valence-corrected chi connectivity index (χ1v) is 5.38. The van der Waals surface area contributed by atoms with E-state index < -0.39 is 0 Å². The summed E-state index contributed by atoms with van der Waals surface area (Å²) >= 11 is 0. The number of nitrogen functional groups attached to an aromatic ring is 1. The largest absolute Gasteiger partial charge is 0.383 e. The van der Waals surface area contributed by atoms with Crippen molar-refractivity contribution < 1.29 is 0 Å². The molecule has 2 heterocycles. The Balaban J connectivity index is 2.16. The van der Waals surface area contributed by atoms with Gasteiger partial charge in [0.15, 0.2) is 5.82 Å². The highest BCUT2D eigenvalue weighted by Gasteiger charge is 2.29. The summed E-state index contributed by atoms with van der Waals surface area (Å²) in [4.78, 5) is 0. The SMILES string of the molecule is Cc1nnc(-c2cnn(C)c2N)n1C1CC1. The molecule has 0 unspecified atom stereocenters. The Labute approximate surface area is 93.1 Å². The fourth-order valence-electron chi connectivity index (χ4n) is 1.94. The lowest BCUT2D eigenvalue weighted by molar-refractivity contribution is 0.717. The molecule has 1 aliphatic carbocycles. The Morgan fingerprint density at radius 1 is 1.38 bits per heavy atom. The van der Waals surface area contributed by atoms with Gasteiger partial charge in [-0.15, -0.1) is 10.2 Å². The Bertz CT molecular complexity index is 533. The number of nitrogens with two attached hydrogens (primary N) is 1. The molecule has 0 radical (unpaired) electrons. The first kappa shape index (κ1) is 9.38. The van der Waals surface area contributed by atoms with E-state index in [9.17, 15) is 0 Å². The summed E-state index contributed by atoms with van der Waals surface area (Å²) < 4.78 is 3.81. The quantitative estimate of drug-likeness (QED) is 0.812. The molecular formula is C10H14N6. The van der Waals surface area contributed by atoms with Crippen LogP contribution in [0.25, 0.3) is 11.4 Å². The van der Waals surface area contributed by atoms with E-state index in [1.54, 1.807) is 10.9 Å². The number of hydrogen-bond donors (Lipinski definition) is 1. The molecule has 0 atom stereocenters. The van der Waals surface area contributed by atoms with Gasteiger partial charge in [0.1, 0.15) is 11.6 Å². The minimum atomic E-state index is 0.546. The van der Waals surface area contributed by atoms with Gasteiger partial charge in [0.05, 0.1) is 11.8 Å². The maximum atomic E-state index is 5.95. The molecule has 2 N–H and O–H groups in total. The Morgan fingerprint density at radius 2 is 2.12 bits per heavy atom. The van der Waals surface area contributed by atoms with Crippen molar-refractivity contribution in [1.82, 2.24) is 24.5 Å². The topological polar surface area (TPSA) is 74.6 Å². The van der Waals surface area contributed by atoms with Crippen LogP contribution >= 0.6 is 0 Å². The molecule has 3 rings (SSSR count). The van der Waals surface area contributed by atoms with Crippen molar-refractivity contribution in [3.63, 3.8) is 0 Å². The molecule has 2 aromatic heterocycles. The van der Waals surface area contributed by atoms with E-state index in [0.717, 1.165) is 17.2 Å². The normalized spacial score (nSPS) is 15.6. The van der Waals surface area contributed by atoms with Crippen LogP contribution in [-0.4, -0.2) is 24.5 Å². The maximum absolute atomic E-state index is 5.95. The van der Waals surface area contributed by atoms with E-state index in [1.165, 1.54) is 12.8 Å². The molecule has 1 fully saturated rings. The molecule has 1 aliphatic rings. The number of aromatic nitrogens is 5. The fourth-order valence-corrected chi connectivity index (χ4v) is 1.94. The number of rotatable bonds is 2. The van der Waals surface area contributed by atoms with Crippen molar-refractivity contribution in [1.29, 1.82) is 0 Å². The first-order valence-electron chi connectivity index (χ1n) is 5.38. The van der Waals surface area contributed by atoms with Crippen LogP contribution in [0.3, 0.4) is 0 Å². The molecular weight excluding hydrogens is 204 g/mol. The zero-order valence-electron chi connectivity index (χ0n) is 9.38. The Kier molecular flexibility index (Phi) is 1.80. The molecule has 0 saturated heterocycles. The van der Waals surface area contributed by atoms with Gasteiger partial charge < -0.3 is 10.3 Å². The van der Waals surface area contributed by atoms with Crippen molar-refractivity contribution in [2.24, 2.45) is 7.05 Å². The molecule has 84 valence electrons. The second-order valence-corrected chi connectivity index (χ2v) is 4.24. The third-order valence-corrected chi connectivity index (χ3v) is 3.00. The number of hydrogen-bond acceptors (Lipinski definition) is 4. The summed E-state index contributed by atoms with van der Waals surface area (Å²) in [5, 5.41) is 12.5. The van der Waals surface area contributed by atoms with Crippen molar-refractivity contribution in [3.8, 4) is 11.4 Å². The van der Waals surface area contributed by atoms with Gasteiger partial charge in [-0.25, -0.2) is 0 Å². The van der Waals surface area contributed by atoms with Gasteiger partial charge in [0.2, 0.25) is 0 Å². The van der Waals surface area contributed by atoms with Gasteiger partial charge in [-0.3, -0.25) is 4.68 Å². The number of anilines is 1. The summed E-state index contributed by atoms with van der Waals surface area (Å²) in [6.45, 7) is 1.97. The van der Waals surface area contributed by atoms with Gasteiger partial charge in [0.25, 0.3) is 0 Å². The second kappa shape index (κ2) is 3.07. The molecule has 2 aromatic rings. The predicted octanol–water partition coefficient (Wildman–Crippen LogP) is 0.904. The smallest absolute Gasteiger partial charge is 0.169 e. The standard InChI is InChI=1S/C10H14N6/c1-6-13-14-10(16(6)7-3-4-7)8-5-12-15(2)9(8)11/h5,7H,3-4,11H2,1-2H3. The van der Waals surface area contributed by atoms with Gasteiger partial charge in [-0.1, -0.05) is 0 Å². The average molecular weight is 218 g/mol. The molecule has 0 amide bonds. The van der Waals surface area contributed by atoms with E-state index in [1.807, 2.05) is 14.0 Å². The van der Waals surface area contributed by atoms with Crippen molar-refractivity contribution in [2.45, 2.75) is 25.8 Å². The molecule has 0 spiro atoms. The summed E-state index contributed by atoms with van der Waals surface area (Å²) in [5.41, 5.74) is 6.82. The molecule has 0 aliphatic heterocycles. The molecule has 1 saturated carbocycles. The average Bonchev–Trinajstić information content (AvgIpc) is 2.96. The number of aryl methyl sites for hydroxylation is 2. The van der Waals surface area contributed by atoms with E-state index >= 15 is 0 Å². The summed E-state index contributed by atoms with van der Waals surface area (Å²) in [5.74, 6) is 2.42. The van der Waals surface area contributed by atoms with E-state index in [4.69, 9.17) is 5.73 Å². The van der Waals surface area contributed by atoms with Crippen LogP contribution in [0.5, 0.6) is 0 Å². The Morgan fingerprint density at radius 3 is 2.69 bits per heavy atom. The van der Waals surface area contributed by atoms with E-state index in [2.05, 4.69) is 19.9 Å².